The van der Waals surface area contributed by atoms with E-state index in [1.54, 1.807) is 24.3 Å². The van der Waals surface area contributed by atoms with Gasteiger partial charge in [-0.1, -0.05) is 51.1 Å². The minimum atomic E-state index is -4.69. The molecule has 1 unspecified atom stereocenters. The van der Waals surface area contributed by atoms with E-state index in [-0.39, 0.29) is 18.6 Å². The average Bonchev–Trinajstić information content (AvgIpc) is 2.82. The number of ether oxygens (including phenoxy) is 1. The van der Waals surface area contributed by atoms with Gasteiger partial charge in [0.25, 0.3) is 0 Å². The smallest absolute Gasteiger partial charge is 0.417 e. The lowest BCUT2D eigenvalue weighted by atomic mass is 9.75. The van der Waals surface area contributed by atoms with Crippen LogP contribution >= 0.6 is 0 Å². The highest BCUT2D eigenvalue weighted by Gasteiger charge is 2.36. The van der Waals surface area contributed by atoms with E-state index < -0.39 is 12.3 Å². The van der Waals surface area contributed by atoms with Crippen LogP contribution in [0.25, 0.3) is 6.08 Å². The third-order valence-corrected chi connectivity index (χ3v) is 6.32. The maximum Gasteiger partial charge on any atom is 0.417 e. The Morgan fingerprint density at radius 1 is 0.909 bits per heavy atom. The molecule has 33 heavy (non-hydrogen) atoms. The molecule has 0 fully saturated rings. The van der Waals surface area contributed by atoms with Gasteiger partial charge in [-0.3, -0.25) is 0 Å². The van der Waals surface area contributed by atoms with Crippen LogP contribution in [0.1, 0.15) is 61.4 Å². The zero-order valence-corrected chi connectivity index (χ0v) is 19.3. The third-order valence-electron chi connectivity index (χ3n) is 6.32. The van der Waals surface area contributed by atoms with Crippen molar-refractivity contribution in [3.05, 3.63) is 70.3 Å². The van der Waals surface area contributed by atoms with Gasteiger partial charge in [0.05, 0.1) is 19.8 Å². The molecular formula is C26H33F3O4. The van der Waals surface area contributed by atoms with Crippen LogP contribution in [0.15, 0.2) is 42.5 Å². The summed E-state index contributed by atoms with van der Waals surface area (Å²) in [5.74, 6) is 0.596. The second-order valence-corrected chi connectivity index (χ2v) is 8.14. The Morgan fingerprint density at radius 3 is 2.12 bits per heavy atom. The molecule has 0 bridgehead atoms. The van der Waals surface area contributed by atoms with Crippen LogP contribution in [0, 0.1) is 0 Å². The van der Waals surface area contributed by atoms with E-state index in [2.05, 4.69) is 13.8 Å². The summed E-state index contributed by atoms with van der Waals surface area (Å²) in [6, 6.07) is 10.9. The van der Waals surface area contributed by atoms with Crippen molar-refractivity contribution >= 4 is 6.08 Å². The second kappa shape index (κ2) is 11.7. The van der Waals surface area contributed by atoms with Gasteiger partial charge in [-0.2, -0.15) is 13.2 Å². The summed E-state index contributed by atoms with van der Waals surface area (Å²) in [6.45, 7) is 6.10. The molecule has 2 aromatic rings. The average molecular weight is 467 g/mol. The number of aliphatic hydroxyl groups is 3. The molecule has 0 heterocycles. The molecule has 0 saturated carbocycles. The summed E-state index contributed by atoms with van der Waals surface area (Å²) >= 11 is 0. The highest BCUT2D eigenvalue weighted by Crippen LogP contribution is 2.35. The van der Waals surface area contributed by atoms with Crippen LogP contribution < -0.4 is 4.74 Å². The molecule has 7 heteroatoms. The van der Waals surface area contributed by atoms with Gasteiger partial charge in [-0.05, 0) is 65.3 Å². The van der Waals surface area contributed by atoms with Gasteiger partial charge < -0.3 is 20.1 Å². The molecule has 3 N–H and O–H groups in total. The predicted molar refractivity (Wildman–Crippen MR) is 123 cm³/mol. The van der Waals surface area contributed by atoms with Gasteiger partial charge in [0.15, 0.2) is 6.10 Å². The van der Waals surface area contributed by atoms with E-state index in [0.717, 1.165) is 30.0 Å². The number of alkyl halides is 3. The van der Waals surface area contributed by atoms with Crippen molar-refractivity contribution in [2.75, 3.05) is 6.61 Å². The van der Waals surface area contributed by atoms with E-state index >= 15 is 0 Å². The largest absolute Gasteiger partial charge is 0.493 e. The van der Waals surface area contributed by atoms with E-state index in [9.17, 15) is 28.5 Å². The molecule has 0 aliphatic heterocycles. The third kappa shape index (κ3) is 6.59. The van der Waals surface area contributed by atoms with Crippen molar-refractivity contribution in [3.63, 3.8) is 0 Å². The van der Waals surface area contributed by atoms with Crippen molar-refractivity contribution < 1.29 is 33.2 Å². The molecule has 0 saturated heterocycles. The normalized spacial score (nSPS) is 13.5. The van der Waals surface area contributed by atoms with Crippen LogP contribution in [0.5, 0.6) is 5.75 Å². The maximum absolute atomic E-state index is 12.6. The number of rotatable bonds is 11. The van der Waals surface area contributed by atoms with Crippen LogP contribution in [0.2, 0.25) is 0 Å². The molecule has 4 nitrogen and oxygen atoms in total. The fourth-order valence-electron chi connectivity index (χ4n) is 3.87. The summed E-state index contributed by atoms with van der Waals surface area (Å²) in [5, 5.41) is 28.2. The summed E-state index contributed by atoms with van der Waals surface area (Å²) in [5.41, 5.74) is 3.51. The van der Waals surface area contributed by atoms with Crippen LogP contribution in [-0.2, 0) is 25.0 Å². The molecule has 0 spiro atoms. The number of aryl methyl sites for hydroxylation is 1. The molecule has 2 aromatic carbocycles. The lowest BCUT2D eigenvalue weighted by Gasteiger charge is -2.33. The Kier molecular flexibility index (Phi) is 9.52. The first-order valence-electron chi connectivity index (χ1n) is 11.2. The lowest BCUT2D eigenvalue weighted by molar-refractivity contribution is -0.187. The summed E-state index contributed by atoms with van der Waals surface area (Å²) in [7, 11) is 0. The summed E-state index contributed by atoms with van der Waals surface area (Å²) < 4.78 is 44.0. The monoisotopic (exact) mass is 466 g/mol. The van der Waals surface area contributed by atoms with Gasteiger partial charge in [0.2, 0.25) is 0 Å². The van der Waals surface area contributed by atoms with Crippen molar-refractivity contribution in [1.82, 2.24) is 0 Å². The number of benzene rings is 2. The highest BCUT2D eigenvalue weighted by atomic mass is 19.4. The Morgan fingerprint density at radius 2 is 1.58 bits per heavy atom. The molecule has 0 aromatic heterocycles. The maximum atomic E-state index is 12.6. The molecule has 182 valence electrons. The van der Waals surface area contributed by atoms with Gasteiger partial charge in [0, 0.05) is 5.41 Å². The zero-order valence-electron chi connectivity index (χ0n) is 19.3. The molecule has 0 aliphatic rings. The topological polar surface area (TPSA) is 69.9 Å². The first kappa shape index (κ1) is 26.9. The summed E-state index contributed by atoms with van der Waals surface area (Å²) in [4.78, 5) is 0. The van der Waals surface area contributed by atoms with E-state index in [1.165, 1.54) is 6.08 Å². The van der Waals surface area contributed by atoms with Crippen LogP contribution in [0.3, 0.4) is 0 Å². The number of halogens is 3. The van der Waals surface area contributed by atoms with Gasteiger partial charge in [-0.25, -0.2) is 0 Å². The Labute approximate surface area is 193 Å². The summed E-state index contributed by atoms with van der Waals surface area (Å²) in [6.07, 6.45) is -2.91. The van der Waals surface area contributed by atoms with Gasteiger partial charge in [-0.15, -0.1) is 0 Å². The van der Waals surface area contributed by atoms with Gasteiger partial charge >= 0.3 is 6.18 Å². The van der Waals surface area contributed by atoms with Crippen molar-refractivity contribution in [3.8, 4) is 5.75 Å². The highest BCUT2D eigenvalue weighted by molar-refractivity contribution is 5.56. The van der Waals surface area contributed by atoms with Crippen LogP contribution in [0.4, 0.5) is 13.2 Å². The molecule has 0 radical (unpaired) electrons. The SMILES string of the molecule is CCc1cc(C(CC)(CC)COc2ccc(CO)c(CO)c2)ccc1C=CC(O)C(F)(F)F. The van der Waals surface area contributed by atoms with E-state index in [0.29, 0.717) is 35.5 Å². The van der Waals surface area contributed by atoms with Gasteiger partial charge in [0.1, 0.15) is 5.75 Å². The minimum Gasteiger partial charge on any atom is -0.493 e. The minimum absolute atomic E-state index is 0.162. The van der Waals surface area contributed by atoms with E-state index in [1.807, 2.05) is 19.1 Å². The Bertz CT molecular complexity index is 934. The first-order chi connectivity index (χ1) is 15.6. The molecule has 2 rings (SSSR count). The van der Waals surface area contributed by atoms with Crippen molar-refractivity contribution in [2.24, 2.45) is 0 Å². The van der Waals surface area contributed by atoms with Crippen molar-refractivity contribution in [1.29, 1.82) is 0 Å². The van der Waals surface area contributed by atoms with Crippen molar-refractivity contribution in [2.45, 2.75) is 70.9 Å². The molecule has 1 atom stereocenters. The van der Waals surface area contributed by atoms with E-state index in [4.69, 9.17) is 4.74 Å². The quantitative estimate of drug-likeness (QED) is 0.420. The number of hydrogen-bond donors (Lipinski definition) is 3. The fourth-order valence-corrected chi connectivity index (χ4v) is 3.87. The number of aliphatic hydroxyl groups excluding tert-OH is 3. The molecule has 0 aliphatic carbocycles. The molecular weight excluding hydrogens is 433 g/mol. The zero-order chi connectivity index (χ0) is 24.6. The Hall–Kier alpha value is -2.35. The lowest BCUT2D eigenvalue weighted by Crippen LogP contribution is -2.32. The predicted octanol–water partition coefficient (Wildman–Crippen LogP) is 5.31. The Balaban J connectivity index is 2.31. The second-order valence-electron chi connectivity index (χ2n) is 8.14. The first-order valence-corrected chi connectivity index (χ1v) is 11.2. The van der Waals surface area contributed by atoms with Crippen LogP contribution in [-0.4, -0.2) is 34.2 Å². The standard InChI is InChI=1S/C26H33F3O4/c1-4-18-13-22(10-7-19(18)9-12-24(32)26(27,28)29)25(5-2,6-3)17-33-23-11-8-20(15-30)21(14-23)16-31/h7-14,24,30-32H,4-6,15-17H2,1-3H3. The fraction of sp³-hybridized carbons (Fsp3) is 0.462. The molecule has 0 amide bonds. The number of hydrogen-bond acceptors (Lipinski definition) is 4.